The lowest BCUT2D eigenvalue weighted by Crippen LogP contribution is -2.12. The Kier molecular flexibility index (Phi) is 4.86. The monoisotopic (exact) mass is 257 g/mol. The number of nitrogens with zero attached hydrogens (tertiary/aromatic N) is 2. The molecule has 0 radical (unpaired) electrons. The van der Waals surface area contributed by atoms with Crippen molar-refractivity contribution in [3.8, 4) is 5.75 Å². The van der Waals surface area contributed by atoms with E-state index < -0.39 is 0 Å². The first-order valence-electron chi connectivity index (χ1n) is 6.48. The standard InChI is InChI=1S/C15H19N3O/c1-3-16-9-13-6-7-14(18-10-13)11-19-15-5-4-8-17-12(15)2/h4-8,10,16H,3,9,11H2,1-2H3. The molecule has 0 aliphatic heterocycles. The zero-order valence-electron chi connectivity index (χ0n) is 11.4. The lowest BCUT2D eigenvalue weighted by molar-refractivity contribution is 0.297. The summed E-state index contributed by atoms with van der Waals surface area (Å²) in [5, 5.41) is 3.27. The molecule has 1 N–H and O–H groups in total. The second kappa shape index (κ2) is 6.85. The van der Waals surface area contributed by atoms with E-state index in [-0.39, 0.29) is 0 Å². The van der Waals surface area contributed by atoms with E-state index >= 15 is 0 Å². The summed E-state index contributed by atoms with van der Waals surface area (Å²) >= 11 is 0. The number of rotatable bonds is 6. The Morgan fingerprint density at radius 1 is 1.21 bits per heavy atom. The van der Waals surface area contributed by atoms with Crippen LogP contribution < -0.4 is 10.1 Å². The normalized spacial score (nSPS) is 10.4. The highest BCUT2D eigenvalue weighted by Gasteiger charge is 2.01. The van der Waals surface area contributed by atoms with Gasteiger partial charge in [-0.3, -0.25) is 9.97 Å². The second-order valence-electron chi connectivity index (χ2n) is 4.31. The maximum Gasteiger partial charge on any atom is 0.141 e. The molecule has 0 bridgehead atoms. The number of pyridine rings is 2. The third-order valence-corrected chi connectivity index (χ3v) is 2.80. The van der Waals surface area contributed by atoms with Crippen molar-refractivity contribution in [1.29, 1.82) is 0 Å². The summed E-state index contributed by atoms with van der Waals surface area (Å²) in [6.07, 6.45) is 3.65. The molecule has 0 spiro atoms. The topological polar surface area (TPSA) is 47.0 Å². The average Bonchev–Trinajstić information content (AvgIpc) is 2.45. The van der Waals surface area contributed by atoms with E-state index in [0.29, 0.717) is 6.61 Å². The lowest BCUT2D eigenvalue weighted by atomic mass is 10.2. The second-order valence-corrected chi connectivity index (χ2v) is 4.31. The van der Waals surface area contributed by atoms with Crippen LogP contribution in [0.1, 0.15) is 23.9 Å². The Bertz CT molecular complexity index is 511. The molecule has 0 amide bonds. The molecule has 2 heterocycles. The highest BCUT2D eigenvalue weighted by atomic mass is 16.5. The van der Waals surface area contributed by atoms with E-state index in [9.17, 15) is 0 Å². The predicted molar refractivity (Wildman–Crippen MR) is 74.9 cm³/mol. The summed E-state index contributed by atoms with van der Waals surface area (Å²) in [6, 6.07) is 7.86. The zero-order chi connectivity index (χ0) is 13.5. The number of hydrogen-bond donors (Lipinski definition) is 1. The molecule has 0 atom stereocenters. The summed E-state index contributed by atoms with van der Waals surface area (Å²) in [6.45, 7) is 6.31. The van der Waals surface area contributed by atoms with E-state index in [1.54, 1.807) is 6.20 Å². The molecule has 2 rings (SSSR count). The number of aromatic nitrogens is 2. The van der Waals surface area contributed by atoms with Gasteiger partial charge in [0.15, 0.2) is 0 Å². The van der Waals surface area contributed by atoms with Crippen LogP contribution in [0.25, 0.3) is 0 Å². The highest BCUT2D eigenvalue weighted by molar-refractivity contribution is 5.25. The molecule has 100 valence electrons. The fraction of sp³-hybridized carbons (Fsp3) is 0.333. The van der Waals surface area contributed by atoms with Crippen LogP contribution >= 0.6 is 0 Å². The minimum atomic E-state index is 0.466. The Morgan fingerprint density at radius 2 is 2.11 bits per heavy atom. The predicted octanol–water partition coefficient (Wildman–Crippen LogP) is 2.47. The van der Waals surface area contributed by atoms with Gasteiger partial charge in [-0.1, -0.05) is 13.0 Å². The van der Waals surface area contributed by atoms with E-state index in [4.69, 9.17) is 4.74 Å². The first kappa shape index (κ1) is 13.5. The number of aryl methyl sites for hydroxylation is 1. The third-order valence-electron chi connectivity index (χ3n) is 2.80. The zero-order valence-corrected chi connectivity index (χ0v) is 11.4. The van der Waals surface area contributed by atoms with Gasteiger partial charge in [-0.05, 0) is 37.2 Å². The molecule has 0 aromatic carbocycles. The molecule has 2 aromatic rings. The third kappa shape index (κ3) is 4.03. The molecule has 2 aromatic heterocycles. The van der Waals surface area contributed by atoms with Crippen LogP contribution in [0.4, 0.5) is 0 Å². The number of nitrogens with one attached hydrogen (secondary N) is 1. The van der Waals surface area contributed by atoms with Crippen LogP contribution in [0.3, 0.4) is 0 Å². The minimum absolute atomic E-state index is 0.466. The molecule has 0 aliphatic carbocycles. The van der Waals surface area contributed by atoms with Crippen molar-refractivity contribution < 1.29 is 4.74 Å². The molecule has 19 heavy (non-hydrogen) atoms. The van der Waals surface area contributed by atoms with Gasteiger partial charge in [0.05, 0.1) is 11.4 Å². The van der Waals surface area contributed by atoms with Crippen LogP contribution in [0.5, 0.6) is 5.75 Å². The molecule has 4 heteroatoms. The van der Waals surface area contributed by atoms with Crippen molar-refractivity contribution in [2.75, 3.05) is 6.54 Å². The molecule has 0 aliphatic rings. The molecule has 4 nitrogen and oxygen atoms in total. The Balaban J connectivity index is 1.91. The van der Waals surface area contributed by atoms with E-state index in [0.717, 1.165) is 30.2 Å². The van der Waals surface area contributed by atoms with Gasteiger partial charge in [-0.25, -0.2) is 0 Å². The van der Waals surface area contributed by atoms with Crippen molar-refractivity contribution in [2.24, 2.45) is 0 Å². The van der Waals surface area contributed by atoms with Crippen molar-refractivity contribution in [3.63, 3.8) is 0 Å². The molecular weight excluding hydrogens is 238 g/mol. The summed E-state index contributed by atoms with van der Waals surface area (Å²) in [7, 11) is 0. The van der Waals surface area contributed by atoms with E-state index in [1.807, 2.05) is 31.3 Å². The van der Waals surface area contributed by atoms with Gasteiger partial charge in [0.25, 0.3) is 0 Å². The van der Waals surface area contributed by atoms with Crippen LogP contribution in [0, 0.1) is 6.92 Å². The quantitative estimate of drug-likeness (QED) is 0.863. The Labute approximate surface area is 113 Å². The molecule has 0 unspecified atom stereocenters. The summed E-state index contributed by atoms with van der Waals surface area (Å²) < 4.78 is 5.70. The van der Waals surface area contributed by atoms with Gasteiger partial charge in [0, 0.05) is 18.9 Å². The fourth-order valence-corrected chi connectivity index (χ4v) is 1.69. The first-order chi connectivity index (χ1) is 9.29. The largest absolute Gasteiger partial charge is 0.485 e. The van der Waals surface area contributed by atoms with E-state index in [1.165, 1.54) is 5.56 Å². The smallest absolute Gasteiger partial charge is 0.141 e. The first-order valence-corrected chi connectivity index (χ1v) is 6.48. The summed E-state index contributed by atoms with van der Waals surface area (Å²) in [5.74, 6) is 0.807. The molecule has 0 saturated heterocycles. The lowest BCUT2D eigenvalue weighted by Gasteiger charge is -2.08. The maximum absolute atomic E-state index is 5.70. The molecule has 0 saturated carbocycles. The van der Waals surface area contributed by atoms with Crippen LogP contribution in [0.2, 0.25) is 0 Å². The van der Waals surface area contributed by atoms with Gasteiger partial charge in [-0.15, -0.1) is 0 Å². The SMILES string of the molecule is CCNCc1ccc(COc2cccnc2C)nc1. The Morgan fingerprint density at radius 3 is 2.79 bits per heavy atom. The van der Waals surface area contributed by atoms with Gasteiger partial charge < -0.3 is 10.1 Å². The van der Waals surface area contributed by atoms with Crippen molar-refractivity contribution >= 4 is 0 Å². The molecule has 0 fully saturated rings. The minimum Gasteiger partial charge on any atom is -0.485 e. The number of hydrogen-bond acceptors (Lipinski definition) is 4. The average molecular weight is 257 g/mol. The van der Waals surface area contributed by atoms with Gasteiger partial charge in [-0.2, -0.15) is 0 Å². The van der Waals surface area contributed by atoms with Gasteiger partial charge in [0.2, 0.25) is 0 Å². The fourth-order valence-electron chi connectivity index (χ4n) is 1.69. The van der Waals surface area contributed by atoms with Crippen molar-refractivity contribution in [1.82, 2.24) is 15.3 Å². The Hall–Kier alpha value is -1.94. The van der Waals surface area contributed by atoms with Crippen molar-refractivity contribution in [3.05, 3.63) is 53.6 Å². The van der Waals surface area contributed by atoms with Gasteiger partial charge in [0.1, 0.15) is 12.4 Å². The molecular formula is C15H19N3O. The van der Waals surface area contributed by atoms with Crippen LogP contribution in [0.15, 0.2) is 36.7 Å². The number of ether oxygens (including phenoxy) is 1. The van der Waals surface area contributed by atoms with Crippen LogP contribution in [-0.4, -0.2) is 16.5 Å². The summed E-state index contributed by atoms with van der Waals surface area (Å²) in [5.41, 5.74) is 3.00. The van der Waals surface area contributed by atoms with Crippen molar-refractivity contribution in [2.45, 2.75) is 27.0 Å². The van der Waals surface area contributed by atoms with E-state index in [2.05, 4.69) is 28.3 Å². The highest BCUT2D eigenvalue weighted by Crippen LogP contribution is 2.15. The summed E-state index contributed by atoms with van der Waals surface area (Å²) in [4.78, 5) is 8.58. The van der Waals surface area contributed by atoms with Crippen LogP contribution in [-0.2, 0) is 13.2 Å². The van der Waals surface area contributed by atoms with Gasteiger partial charge >= 0.3 is 0 Å². The maximum atomic E-state index is 5.70.